The quantitative estimate of drug-likeness (QED) is 0.834. The van der Waals surface area contributed by atoms with Crippen molar-refractivity contribution in [2.45, 2.75) is 19.0 Å². The molecule has 2 saturated heterocycles. The van der Waals surface area contributed by atoms with Gasteiger partial charge in [0.2, 0.25) is 5.91 Å². The number of pyridine rings is 1. The number of nitrogens with zero attached hydrogens (tertiary/aromatic N) is 3. The van der Waals surface area contributed by atoms with E-state index in [-0.39, 0.29) is 30.4 Å². The van der Waals surface area contributed by atoms with Crippen molar-refractivity contribution >= 4 is 18.3 Å². The maximum absolute atomic E-state index is 12.3. The van der Waals surface area contributed by atoms with Crippen LogP contribution in [-0.2, 0) is 11.3 Å². The molecule has 3 heterocycles. The van der Waals surface area contributed by atoms with E-state index >= 15 is 0 Å². The van der Waals surface area contributed by atoms with Crippen LogP contribution in [0.3, 0.4) is 0 Å². The molecule has 0 aliphatic carbocycles. The first kappa shape index (κ1) is 17.0. The fraction of sp³-hybridized carbons (Fsp3) is 0.600. The highest BCUT2D eigenvalue weighted by Gasteiger charge is 2.30. The molecule has 122 valence electrons. The van der Waals surface area contributed by atoms with Crippen molar-refractivity contribution in [2.24, 2.45) is 0 Å². The first-order valence-electron chi connectivity index (χ1n) is 7.62. The molecule has 22 heavy (non-hydrogen) atoms. The molecule has 2 fully saturated rings. The fourth-order valence-electron chi connectivity index (χ4n) is 3.15. The number of amides is 1. The molecule has 1 unspecified atom stereocenters. The lowest BCUT2D eigenvalue weighted by Crippen LogP contribution is -2.49. The smallest absolute Gasteiger partial charge is 0.250 e. The van der Waals surface area contributed by atoms with Gasteiger partial charge in [0.1, 0.15) is 6.54 Å². The lowest BCUT2D eigenvalue weighted by molar-refractivity contribution is -0.131. The Labute approximate surface area is 136 Å². The number of hydrogen-bond acceptors (Lipinski definition) is 4. The molecule has 6 nitrogen and oxygen atoms in total. The van der Waals surface area contributed by atoms with E-state index in [1.54, 1.807) is 18.3 Å². The first-order chi connectivity index (χ1) is 10.2. The van der Waals surface area contributed by atoms with Gasteiger partial charge in [-0.25, -0.2) is 0 Å². The Morgan fingerprint density at radius 2 is 2.00 bits per heavy atom. The minimum Gasteiger partial charge on any atom is -0.340 e. The normalized spacial score (nSPS) is 22.4. The summed E-state index contributed by atoms with van der Waals surface area (Å²) in [7, 11) is 0. The Kier molecular flexibility index (Phi) is 5.99. The molecule has 1 atom stereocenters. The van der Waals surface area contributed by atoms with E-state index in [0.717, 1.165) is 45.7 Å². The largest absolute Gasteiger partial charge is 0.340 e. The highest BCUT2D eigenvalue weighted by molar-refractivity contribution is 5.85. The van der Waals surface area contributed by atoms with Crippen LogP contribution in [0.15, 0.2) is 29.2 Å². The minimum atomic E-state index is -0.122. The van der Waals surface area contributed by atoms with Gasteiger partial charge < -0.3 is 14.8 Å². The molecule has 1 amide bonds. The summed E-state index contributed by atoms with van der Waals surface area (Å²) in [6, 6.07) is 5.44. The molecule has 2 aliphatic rings. The number of piperazine rings is 1. The SMILES string of the molecule is Cl.O=C(Cn1ccccc1=O)N1CCC(N2CCNCC2)C1. The molecule has 3 rings (SSSR count). The van der Waals surface area contributed by atoms with E-state index in [1.165, 1.54) is 10.6 Å². The lowest BCUT2D eigenvalue weighted by atomic mass is 10.2. The van der Waals surface area contributed by atoms with Crippen molar-refractivity contribution in [1.82, 2.24) is 19.7 Å². The van der Waals surface area contributed by atoms with E-state index in [0.29, 0.717) is 6.04 Å². The molecule has 0 saturated carbocycles. The van der Waals surface area contributed by atoms with E-state index in [9.17, 15) is 9.59 Å². The van der Waals surface area contributed by atoms with Crippen LogP contribution < -0.4 is 10.9 Å². The van der Waals surface area contributed by atoms with Gasteiger partial charge in [-0.05, 0) is 12.5 Å². The number of halogens is 1. The van der Waals surface area contributed by atoms with Gasteiger partial charge in [-0.1, -0.05) is 6.07 Å². The Bertz CT molecular complexity index is 556. The van der Waals surface area contributed by atoms with Crippen molar-refractivity contribution in [3.05, 3.63) is 34.7 Å². The van der Waals surface area contributed by atoms with Crippen LogP contribution >= 0.6 is 12.4 Å². The predicted molar refractivity (Wildman–Crippen MR) is 87.4 cm³/mol. The molecule has 1 aromatic rings. The Balaban J connectivity index is 0.00000176. The highest BCUT2D eigenvalue weighted by atomic mass is 35.5. The minimum absolute atomic E-state index is 0. The van der Waals surface area contributed by atoms with Gasteiger partial charge in [0, 0.05) is 57.6 Å². The van der Waals surface area contributed by atoms with Crippen LogP contribution in [0.1, 0.15) is 6.42 Å². The van der Waals surface area contributed by atoms with Crippen LogP contribution in [0, 0.1) is 0 Å². The van der Waals surface area contributed by atoms with Crippen LogP contribution in [0.25, 0.3) is 0 Å². The van der Waals surface area contributed by atoms with Gasteiger partial charge in [-0.2, -0.15) is 0 Å². The van der Waals surface area contributed by atoms with Crippen LogP contribution in [0.4, 0.5) is 0 Å². The van der Waals surface area contributed by atoms with Crippen LogP contribution in [0.5, 0.6) is 0 Å². The molecule has 2 aliphatic heterocycles. The first-order valence-corrected chi connectivity index (χ1v) is 7.62. The third-order valence-corrected chi connectivity index (χ3v) is 4.39. The number of carbonyl (C=O) groups excluding carboxylic acids is 1. The summed E-state index contributed by atoms with van der Waals surface area (Å²) in [6.45, 7) is 5.92. The average Bonchev–Trinajstić information content (AvgIpc) is 3.00. The number of hydrogen-bond donors (Lipinski definition) is 1. The number of nitrogens with one attached hydrogen (secondary N) is 1. The molecule has 0 bridgehead atoms. The summed E-state index contributed by atoms with van der Waals surface area (Å²) in [5.74, 6) is 0.0425. The molecule has 0 radical (unpaired) electrons. The van der Waals surface area contributed by atoms with E-state index in [1.807, 2.05) is 4.90 Å². The van der Waals surface area contributed by atoms with Gasteiger partial charge in [0.25, 0.3) is 5.56 Å². The van der Waals surface area contributed by atoms with Crippen molar-refractivity contribution < 1.29 is 4.79 Å². The third kappa shape index (κ3) is 3.88. The molecule has 1 N–H and O–H groups in total. The average molecular weight is 327 g/mol. The highest BCUT2D eigenvalue weighted by Crippen LogP contribution is 2.16. The Hall–Kier alpha value is -1.37. The number of aromatic nitrogens is 1. The summed E-state index contributed by atoms with van der Waals surface area (Å²) < 4.78 is 1.47. The van der Waals surface area contributed by atoms with Gasteiger partial charge >= 0.3 is 0 Å². The topological polar surface area (TPSA) is 57.6 Å². The van der Waals surface area contributed by atoms with Crippen LogP contribution in [-0.4, -0.2) is 65.6 Å². The maximum Gasteiger partial charge on any atom is 0.250 e. The zero-order chi connectivity index (χ0) is 14.7. The number of likely N-dealkylation sites (tertiary alicyclic amines) is 1. The molecule has 0 spiro atoms. The van der Waals surface area contributed by atoms with Crippen molar-refractivity contribution in [1.29, 1.82) is 0 Å². The zero-order valence-corrected chi connectivity index (χ0v) is 13.4. The second-order valence-electron chi connectivity index (χ2n) is 5.73. The molecule has 7 heteroatoms. The van der Waals surface area contributed by atoms with Gasteiger partial charge in [-0.15, -0.1) is 12.4 Å². The summed E-state index contributed by atoms with van der Waals surface area (Å²) in [4.78, 5) is 28.4. The predicted octanol–water partition coefficient (Wildman–Crippen LogP) is -0.224. The Morgan fingerprint density at radius 1 is 1.23 bits per heavy atom. The Morgan fingerprint density at radius 3 is 2.73 bits per heavy atom. The number of rotatable bonds is 3. The number of carbonyl (C=O) groups is 1. The fourth-order valence-corrected chi connectivity index (χ4v) is 3.15. The summed E-state index contributed by atoms with van der Waals surface area (Å²) in [5, 5.41) is 3.35. The van der Waals surface area contributed by atoms with Crippen molar-refractivity contribution in [3.63, 3.8) is 0 Å². The van der Waals surface area contributed by atoms with Crippen molar-refractivity contribution in [2.75, 3.05) is 39.3 Å². The standard InChI is InChI=1S/C15H22N4O2.ClH/c20-14-3-1-2-7-18(14)12-15(21)19-8-4-13(11-19)17-9-5-16-6-10-17;/h1-3,7,13,16H,4-6,8-12H2;1H. The molecule has 0 aromatic carbocycles. The van der Waals surface area contributed by atoms with Crippen LogP contribution in [0.2, 0.25) is 0 Å². The summed E-state index contributed by atoms with van der Waals surface area (Å²) in [6.07, 6.45) is 2.71. The second kappa shape index (κ2) is 7.76. The van der Waals surface area contributed by atoms with E-state index in [4.69, 9.17) is 0 Å². The van der Waals surface area contributed by atoms with E-state index < -0.39 is 0 Å². The monoisotopic (exact) mass is 326 g/mol. The van der Waals surface area contributed by atoms with Crippen molar-refractivity contribution in [3.8, 4) is 0 Å². The lowest BCUT2D eigenvalue weighted by Gasteiger charge is -2.32. The summed E-state index contributed by atoms with van der Waals surface area (Å²) in [5.41, 5.74) is -0.122. The third-order valence-electron chi connectivity index (χ3n) is 4.39. The molecular formula is C15H23ClN4O2. The van der Waals surface area contributed by atoms with Gasteiger partial charge in [-0.3, -0.25) is 14.5 Å². The van der Waals surface area contributed by atoms with Gasteiger partial charge in [0.05, 0.1) is 0 Å². The second-order valence-corrected chi connectivity index (χ2v) is 5.73. The molecular weight excluding hydrogens is 304 g/mol. The zero-order valence-electron chi connectivity index (χ0n) is 12.6. The molecule has 1 aromatic heterocycles. The maximum atomic E-state index is 12.3. The van der Waals surface area contributed by atoms with Gasteiger partial charge in [0.15, 0.2) is 0 Å². The summed E-state index contributed by atoms with van der Waals surface area (Å²) >= 11 is 0. The van der Waals surface area contributed by atoms with E-state index in [2.05, 4.69) is 10.2 Å².